The summed E-state index contributed by atoms with van der Waals surface area (Å²) < 4.78 is 64.4. The normalized spacial score (nSPS) is 20.2. The molecule has 1 saturated heterocycles. The van der Waals surface area contributed by atoms with Crippen molar-refractivity contribution >= 4 is 16.0 Å². The fraction of sp³-hybridized carbons (Fsp3) is 0.364. The third-order valence-electron chi connectivity index (χ3n) is 3.08. The van der Waals surface area contributed by atoms with Gasteiger partial charge in [-0.05, 0) is 25.0 Å². The van der Waals surface area contributed by atoms with E-state index in [-0.39, 0.29) is 13.0 Å². The Kier molecular flexibility index (Phi) is 3.74. The quantitative estimate of drug-likeness (QED) is 0.855. The standard InChI is InChI=1S/C11H10F3NO4S/c12-6-3-4-8(10(14)9(6)13)20(18,19)15-5-1-2-7(15)11(16)17/h3-4,7H,1-2,5H2,(H,16,17). The average molecular weight is 309 g/mol. The van der Waals surface area contributed by atoms with Crippen molar-refractivity contribution < 1.29 is 31.5 Å². The van der Waals surface area contributed by atoms with Crippen LogP contribution in [0.4, 0.5) is 13.2 Å². The Morgan fingerprint density at radius 1 is 1.25 bits per heavy atom. The topological polar surface area (TPSA) is 74.7 Å². The first-order valence-electron chi connectivity index (χ1n) is 5.65. The Hall–Kier alpha value is -1.61. The molecule has 0 radical (unpaired) electrons. The highest BCUT2D eigenvalue weighted by Crippen LogP contribution is 2.29. The Morgan fingerprint density at radius 3 is 2.50 bits per heavy atom. The number of carboxylic acid groups (broad SMARTS) is 1. The van der Waals surface area contributed by atoms with Crippen LogP contribution in [0.2, 0.25) is 0 Å². The highest BCUT2D eigenvalue weighted by atomic mass is 32.2. The van der Waals surface area contributed by atoms with E-state index in [0.717, 1.165) is 0 Å². The molecule has 0 aliphatic carbocycles. The second-order valence-electron chi connectivity index (χ2n) is 4.29. The van der Waals surface area contributed by atoms with Gasteiger partial charge in [-0.25, -0.2) is 21.6 Å². The summed E-state index contributed by atoms with van der Waals surface area (Å²) in [7, 11) is -4.53. The Labute approximate surface area is 112 Å². The first kappa shape index (κ1) is 14.8. The summed E-state index contributed by atoms with van der Waals surface area (Å²) in [6, 6.07) is -0.259. The molecule has 20 heavy (non-hydrogen) atoms. The molecule has 2 rings (SSSR count). The molecule has 1 aromatic rings. The molecule has 0 aromatic heterocycles. The molecule has 1 heterocycles. The number of aliphatic carboxylic acids is 1. The van der Waals surface area contributed by atoms with Crippen LogP contribution in [0.25, 0.3) is 0 Å². The summed E-state index contributed by atoms with van der Waals surface area (Å²) in [4.78, 5) is 9.90. The fourth-order valence-corrected chi connectivity index (χ4v) is 3.82. The van der Waals surface area contributed by atoms with Crippen LogP contribution in [0, 0.1) is 17.5 Å². The number of rotatable bonds is 3. The lowest BCUT2D eigenvalue weighted by molar-refractivity contribution is -0.140. The van der Waals surface area contributed by atoms with Crippen molar-refractivity contribution in [3.05, 3.63) is 29.6 Å². The number of hydrogen-bond acceptors (Lipinski definition) is 3. The van der Waals surface area contributed by atoms with Crippen LogP contribution in [0.15, 0.2) is 17.0 Å². The molecule has 0 saturated carbocycles. The van der Waals surface area contributed by atoms with Crippen molar-refractivity contribution in [2.75, 3.05) is 6.54 Å². The number of sulfonamides is 1. The zero-order valence-electron chi connectivity index (χ0n) is 10.0. The average Bonchev–Trinajstić information content (AvgIpc) is 2.85. The highest BCUT2D eigenvalue weighted by Gasteiger charge is 2.41. The van der Waals surface area contributed by atoms with Crippen LogP contribution in [-0.4, -0.2) is 36.4 Å². The van der Waals surface area contributed by atoms with E-state index in [0.29, 0.717) is 22.9 Å². The lowest BCUT2D eigenvalue weighted by Gasteiger charge is -2.21. The van der Waals surface area contributed by atoms with Gasteiger partial charge in [-0.1, -0.05) is 0 Å². The molecule has 1 atom stereocenters. The van der Waals surface area contributed by atoms with E-state index in [1.807, 2.05) is 0 Å². The Morgan fingerprint density at radius 2 is 1.90 bits per heavy atom. The molecule has 1 aliphatic rings. The number of benzene rings is 1. The van der Waals surface area contributed by atoms with Gasteiger partial charge in [0.15, 0.2) is 17.5 Å². The molecular formula is C11H10F3NO4S. The molecule has 9 heteroatoms. The second kappa shape index (κ2) is 5.06. The maximum Gasteiger partial charge on any atom is 0.322 e. The van der Waals surface area contributed by atoms with Crippen molar-refractivity contribution in [1.29, 1.82) is 0 Å². The van der Waals surface area contributed by atoms with Crippen molar-refractivity contribution in [2.24, 2.45) is 0 Å². The van der Waals surface area contributed by atoms with Gasteiger partial charge in [-0.3, -0.25) is 4.79 Å². The van der Waals surface area contributed by atoms with Gasteiger partial charge in [0, 0.05) is 6.54 Å². The summed E-state index contributed by atoms with van der Waals surface area (Å²) in [6.07, 6.45) is 0.376. The molecule has 0 bridgehead atoms. The smallest absolute Gasteiger partial charge is 0.322 e. The minimum absolute atomic E-state index is 0.0832. The van der Waals surface area contributed by atoms with Crippen LogP contribution < -0.4 is 0 Å². The van der Waals surface area contributed by atoms with E-state index >= 15 is 0 Å². The minimum Gasteiger partial charge on any atom is -0.480 e. The van der Waals surface area contributed by atoms with Gasteiger partial charge >= 0.3 is 5.97 Å². The zero-order valence-corrected chi connectivity index (χ0v) is 10.8. The maximum atomic E-state index is 13.6. The van der Waals surface area contributed by atoms with E-state index in [4.69, 9.17) is 5.11 Å². The molecular weight excluding hydrogens is 299 g/mol. The number of hydrogen-bond donors (Lipinski definition) is 1. The SMILES string of the molecule is O=C(O)C1CCCN1S(=O)(=O)c1ccc(F)c(F)c1F. The van der Waals surface area contributed by atoms with E-state index < -0.39 is 44.4 Å². The molecule has 1 aliphatic heterocycles. The predicted octanol–water partition coefficient (Wildman–Crippen LogP) is 1.34. The molecule has 5 nitrogen and oxygen atoms in total. The first-order chi connectivity index (χ1) is 9.26. The monoisotopic (exact) mass is 309 g/mol. The van der Waals surface area contributed by atoms with Gasteiger partial charge in [-0.2, -0.15) is 4.31 Å². The fourth-order valence-electron chi connectivity index (χ4n) is 2.11. The summed E-state index contributed by atoms with van der Waals surface area (Å²) in [6.45, 7) is -0.113. The Bertz CT molecular complexity index is 662. The lowest BCUT2D eigenvalue weighted by Crippen LogP contribution is -2.40. The van der Waals surface area contributed by atoms with Gasteiger partial charge in [0.05, 0.1) is 0 Å². The van der Waals surface area contributed by atoms with Gasteiger partial charge in [0.2, 0.25) is 10.0 Å². The summed E-state index contributed by atoms with van der Waals surface area (Å²) in [5, 5.41) is 8.93. The molecule has 1 fully saturated rings. The van der Waals surface area contributed by atoms with Crippen molar-refractivity contribution in [3.63, 3.8) is 0 Å². The third-order valence-corrected chi connectivity index (χ3v) is 5.00. The minimum atomic E-state index is -4.53. The largest absolute Gasteiger partial charge is 0.480 e. The van der Waals surface area contributed by atoms with Crippen LogP contribution in [0.5, 0.6) is 0 Å². The number of nitrogens with zero attached hydrogens (tertiary/aromatic N) is 1. The number of halogens is 3. The van der Waals surface area contributed by atoms with E-state index in [1.54, 1.807) is 0 Å². The molecule has 1 N–H and O–H groups in total. The summed E-state index contributed by atoms with van der Waals surface area (Å²) in [5.74, 6) is -6.63. The van der Waals surface area contributed by atoms with Crippen LogP contribution >= 0.6 is 0 Å². The van der Waals surface area contributed by atoms with Gasteiger partial charge < -0.3 is 5.11 Å². The van der Waals surface area contributed by atoms with E-state index in [1.165, 1.54) is 0 Å². The number of carbonyl (C=O) groups is 1. The van der Waals surface area contributed by atoms with Crippen molar-refractivity contribution in [2.45, 2.75) is 23.8 Å². The predicted molar refractivity (Wildman–Crippen MR) is 60.9 cm³/mol. The van der Waals surface area contributed by atoms with E-state index in [2.05, 4.69) is 0 Å². The van der Waals surface area contributed by atoms with Crippen molar-refractivity contribution in [1.82, 2.24) is 4.31 Å². The van der Waals surface area contributed by atoms with Crippen LogP contribution in [0.3, 0.4) is 0 Å². The highest BCUT2D eigenvalue weighted by molar-refractivity contribution is 7.89. The van der Waals surface area contributed by atoms with Gasteiger partial charge in [0.25, 0.3) is 0 Å². The maximum absolute atomic E-state index is 13.6. The Balaban J connectivity index is 2.51. The number of carboxylic acids is 1. The van der Waals surface area contributed by atoms with Gasteiger partial charge in [0.1, 0.15) is 10.9 Å². The third kappa shape index (κ3) is 2.27. The second-order valence-corrected chi connectivity index (χ2v) is 6.14. The van der Waals surface area contributed by atoms with Crippen molar-refractivity contribution in [3.8, 4) is 0 Å². The van der Waals surface area contributed by atoms with E-state index in [9.17, 15) is 26.4 Å². The molecule has 0 amide bonds. The summed E-state index contributed by atoms with van der Waals surface area (Å²) >= 11 is 0. The van der Waals surface area contributed by atoms with Gasteiger partial charge in [-0.15, -0.1) is 0 Å². The molecule has 1 aromatic carbocycles. The zero-order chi connectivity index (χ0) is 15.1. The first-order valence-corrected chi connectivity index (χ1v) is 7.09. The molecule has 110 valence electrons. The molecule has 1 unspecified atom stereocenters. The molecule has 0 spiro atoms. The lowest BCUT2D eigenvalue weighted by atomic mass is 10.2. The van der Waals surface area contributed by atoms with Crippen LogP contribution in [0.1, 0.15) is 12.8 Å². The summed E-state index contributed by atoms with van der Waals surface area (Å²) in [5.41, 5.74) is 0. The van der Waals surface area contributed by atoms with Crippen LogP contribution in [-0.2, 0) is 14.8 Å².